The van der Waals surface area contributed by atoms with Gasteiger partial charge < -0.3 is 14.3 Å². The lowest BCUT2D eigenvalue weighted by atomic mass is 10.1. The van der Waals surface area contributed by atoms with Gasteiger partial charge in [-0.25, -0.2) is 4.79 Å². The second kappa shape index (κ2) is 6.40. The van der Waals surface area contributed by atoms with Crippen LogP contribution in [0.1, 0.15) is 30.2 Å². The van der Waals surface area contributed by atoms with Crippen molar-refractivity contribution in [1.29, 1.82) is 0 Å². The van der Waals surface area contributed by atoms with E-state index in [0.717, 1.165) is 5.56 Å². The first-order valence-electron chi connectivity index (χ1n) is 5.98. The summed E-state index contributed by atoms with van der Waals surface area (Å²) in [5.41, 5.74) is 0.907. The molecule has 0 aliphatic carbocycles. The van der Waals surface area contributed by atoms with Crippen LogP contribution in [0.2, 0.25) is 0 Å². The molecule has 1 aromatic heterocycles. The van der Waals surface area contributed by atoms with Crippen molar-refractivity contribution in [3.05, 3.63) is 33.4 Å². The minimum absolute atomic E-state index is 0.145. The van der Waals surface area contributed by atoms with Gasteiger partial charge >= 0.3 is 5.63 Å². The zero-order valence-electron chi connectivity index (χ0n) is 11.3. The molecule has 18 heavy (non-hydrogen) atoms. The van der Waals surface area contributed by atoms with Crippen molar-refractivity contribution in [2.24, 2.45) is 5.92 Å². The Labute approximate surface area is 107 Å². The monoisotopic (exact) mass is 252 g/mol. The number of rotatable bonds is 5. The van der Waals surface area contributed by atoms with E-state index < -0.39 is 0 Å². The third-order valence-electron chi connectivity index (χ3n) is 2.92. The highest BCUT2D eigenvalue weighted by molar-refractivity contribution is 5.53. The molecule has 1 rings (SSSR count). The third-order valence-corrected chi connectivity index (χ3v) is 2.92. The molecule has 0 aliphatic rings. The number of allylic oxidation sites excluding steroid dienone is 1. The van der Waals surface area contributed by atoms with Gasteiger partial charge in [0.05, 0.1) is 12.7 Å². The lowest BCUT2D eigenvalue weighted by Crippen LogP contribution is -2.08. The molecule has 0 bridgehead atoms. The van der Waals surface area contributed by atoms with E-state index in [1.54, 1.807) is 13.0 Å². The number of ether oxygens (including phenoxy) is 1. The van der Waals surface area contributed by atoms with Gasteiger partial charge in [0.15, 0.2) is 0 Å². The van der Waals surface area contributed by atoms with Gasteiger partial charge in [-0.1, -0.05) is 13.0 Å². The zero-order valence-corrected chi connectivity index (χ0v) is 11.3. The summed E-state index contributed by atoms with van der Waals surface area (Å²) < 4.78 is 10.4. The molecule has 4 nitrogen and oxygen atoms in total. The molecule has 4 heteroatoms. The first-order valence-corrected chi connectivity index (χ1v) is 5.98. The fraction of sp³-hybridized carbons (Fsp3) is 0.500. The predicted octanol–water partition coefficient (Wildman–Crippen LogP) is 2.30. The SMILES string of the molecule is COc1c(C)c(C=CC(C)CCO)oc(=O)c1C. The Bertz CT molecular complexity index is 485. The summed E-state index contributed by atoms with van der Waals surface area (Å²) >= 11 is 0. The van der Waals surface area contributed by atoms with Crippen LogP contribution in [0.25, 0.3) is 6.08 Å². The minimum Gasteiger partial charge on any atom is -0.496 e. The van der Waals surface area contributed by atoms with Gasteiger partial charge in [-0.05, 0) is 32.3 Å². The Hall–Kier alpha value is -1.55. The molecule has 0 aromatic carbocycles. The van der Waals surface area contributed by atoms with Crippen molar-refractivity contribution in [3.63, 3.8) is 0 Å². The molecule has 0 spiro atoms. The van der Waals surface area contributed by atoms with Crippen LogP contribution >= 0.6 is 0 Å². The summed E-state index contributed by atoms with van der Waals surface area (Å²) in [6.45, 7) is 5.67. The topological polar surface area (TPSA) is 59.7 Å². The van der Waals surface area contributed by atoms with Crippen LogP contribution < -0.4 is 10.4 Å². The van der Waals surface area contributed by atoms with Gasteiger partial charge in [0.25, 0.3) is 0 Å². The lowest BCUT2D eigenvalue weighted by Gasteiger charge is -2.09. The minimum atomic E-state index is -0.382. The Morgan fingerprint density at radius 3 is 2.61 bits per heavy atom. The van der Waals surface area contributed by atoms with Crippen molar-refractivity contribution in [1.82, 2.24) is 0 Å². The van der Waals surface area contributed by atoms with Crippen molar-refractivity contribution in [3.8, 4) is 5.75 Å². The second-order valence-corrected chi connectivity index (χ2v) is 4.39. The number of aliphatic hydroxyl groups excluding tert-OH is 1. The van der Waals surface area contributed by atoms with Crippen LogP contribution in [0, 0.1) is 19.8 Å². The van der Waals surface area contributed by atoms with Gasteiger partial charge in [0.2, 0.25) is 0 Å². The van der Waals surface area contributed by atoms with Gasteiger partial charge in [-0.3, -0.25) is 0 Å². The van der Waals surface area contributed by atoms with Crippen molar-refractivity contribution in [2.45, 2.75) is 27.2 Å². The molecular formula is C14H20O4. The molecule has 100 valence electrons. The maximum Gasteiger partial charge on any atom is 0.342 e. The van der Waals surface area contributed by atoms with Gasteiger partial charge in [0, 0.05) is 12.2 Å². The average molecular weight is 252 g/mol. The highest BCUT2D eigenvalue weighted by atomic mass is 16.5. The van der Waals surface area contributed by atoms with E-state index in [9.17, 15) is 4.79 Å². The molecule has 0 aliphatic heterocycles. The third kappa shape index (κ3) is 3.23. The smallest absolute Gasteiger partial charge is 0.342 e. The van der Waals surface area contributed by atoms with Gasteiger partial charge in [0.1, 0.15) is 11.5 Å². The Kier molecular flexibility index (Phi) is 5.16. The van der Waals surface area contributed by atoms with Crippen LogP contribution in [-0.4, -0.2) is 18.8 Å². The molecule has 0 radical (unpaired) electrons. The van der Waals surface area contributed by atoms with E-state index in [0.29, 0.717) is 23.5 Å². The maximum absolute atomic E-state index is 11.6. The van der Waals surface area contributed by atoms with Crippen LogP contribution in [0.3, 0.4) is 0 Å². The van der Waals surface area contributed by atoms with Crippen LogP contribution in [0.5, 0.6) is 5.75 Å². The molecule has 1 unspecified atom stereocenters. The Morgan fingerprint density at radius 1 is 1.39 bits per heavy atom. The molecule has 1 heterocycles. The quantitative estimate of drug-likeness (QED) is 0.873. The van der Waals surface area contributed by atoms with E-state index >= 15 is 0 Å². The number of hydrogen-bond acceptors (Lipinski definition) is 4. The summed E-state index contributed by atoms with van der Waals surface area (Å²) in [4.78, 5) is 11.6. The van der Waals surface area contributed by atoms with E-state index in [4.69, 9.17) is 14.3 Å². The molecule has 0 saturated heterocycles. The summed E-state index contributed by atoms with van der Waals surface area (Å²) in [5.74, 6) is 1.31. The fourth-order valence-electron chi connectivity index (χ4n) is 1.76. The molecule has 1 aromatic rings. The van der Waals surface area contributed by atoms with Crippen molar-refractivity contribution >= 4 is 6.08 Å². The first-order chi connectivity index (χ1) is 8.51. The molecule has 1 N–H and O–H groups in total. The zero-order chi connectivity index (χ0) is 13.7. The predicted molar refractivity (Wildman–Crippen MR) is 70.9 cm³/mol. The van der Waals surface area contributed by atoms with Gasteiger partial charge in [-0.2, -0.15) is 0 Å². The Morgan fingerprint density at radius 2 is 2.06 bits per heavy atom. The number of hydrogen-bond donors (Lipinski definition) is 1. The first kappa shape index (κ1) is 14.5. The molecule has 0 amide bonds. The van der Waals surface area contributed by atoms with E-state index in [-0.39, 0.29) is 18.2 Å². The van der Waals surface area contributed by atoms with E-state index in [1.165, 1.54) is 7.11 Å². The fourth-order valence-corrected chi connectivity index (χ4v) is 1.76. The standard InChI is InChI=1S/C14H20O4/c1-9(7-8-15)5-6-12-10(2)13(17-4)11(3)14(16)18-12/h5-6,9,15H,7-8H2,1-4H3. The normalized spacial score (nSPS) is 12.9. The summed E-state index contributed by atoms with van der Waals surface area (Å²) in [7, 11) is 1.54. The molecular weight excluding hydrogens is 232 g/mol. The molecule has 1 atom stereocenters. The van der Waals surface area contributed by atoms with Crippen LogP contribution in [0.15, 0.2) is 15.3 Å². The van der Waals surface area contributed by atoms with E-state index in [2.05, 4.69) is 0 Å². The van der Waals surface area contributed by atoms with Crippen molar-refractivity contribution < 1.29 is 14.3 Å². The maximum atomic E-state index is 11.6. The number of methoxy groups -OCH3 is 1. The van der Waals surface area contributed by atoms with Gasteiger partial charge in [-0.15, -0.1) is 0 Å². The van der Waals surface area contributed by atoms with Crippen LogP contribution in [0.4, 0.5) is 0 Å². The average Bonchev–Trinajstić information content (AvgIpc) is 2.33. The summed E-state index contributed by atoms with van der Waals surface area (Å²) in [6.07, 6.45) is 4.36. The van der Waals surface area contributed by atoms with Crippen LogP contribution in [-0.2, 0) is 0 Å². The summed E-state index contributed by atoms with van der Waals surface area (Å²) in [6, 6.07) is 0. The summed E-state index contributed by atoms with van der Waals surface area (Å²) in [5, 5.41) is 8.82. The molecule has 0 fully saturated rings. The second-order valence-electron chi connectivity index (χ2n) is 4.39. The largest absolute Gasteiger partial charge is 0.496 e. The lowest BCUT2D eigenvalue weighted by molar-refractivity contribution is 0.274. The van der Waals surface area contributed by atoms with Crippen molar-refractivity contribution in [2.75, 3.05) is 13.7 Å². The number of aliphatic hydroxyl groups is 1. The van der Waals surface area contributed by atoms with E-state index in [1.807, 2.05) is 19.9 Å². The highest BCUT2D eigenvalue weighted by Crippen LogP contribution is 2.24. The Balaban J connectivity index is 3.11. The molecule has 0 saturated carbocycles. The highest BCUT2D eigenvalue weighted by Gasteiger charge is 2.12.